The third-order valence-corrected chi connectivity index (χ3v) is 6.76. The zero-order chi connectivity index (χ0) is 15.3. The molecule has 0 heterocycles. The second kappa shape index (κ2) is 12.3. The van der Waals surface area contributed by atoms with Gasteiger partial charge < -0.3 is 13.3 Å². The second-order valence-corrected chi connectivity index (χ2v) is 8.29. The maximum atomic E-state index is 9.30. The van der Waals surface area contributed by atoms with E-state index in [4.69, 9.17) is 13.3 Å². The lowest BCUT2D eigenvalue weighted by atomic mass is 10.1. The van der Waals surface area contributed by atoms with Crippen LogP contribution in [0.15, 0.2) is 0 Å². The number of hydrogen-bond acceptors (Lipinski definition) is 4. The van der Waals surface area contributed by atoms with Gasteiger partial charge in [0.05, 0.1) is 6.07 Å². The summed E-state index contributed by atoms with van der Waals surface area (Å²) in [4.78, 5) is 0. The van der Waals surface area contributed by atoms with E-state index in [-0.39, 0.29) is 5.54 Å². The van der Waals surface area contributed by atoms with E-state index < -0.39 is 8.80 Å². The van der Waals surface area contributed by atoms with Gasteiger partial charge in [0.2, 0.25) is 0 Å². The van der Waals surface area contributed by atoms with Crippen LogP contribution >= 0.6 is 0 Å². The summed E-state index contributed by atoms with van der Waals surface area (Å²) in [6.45, 7) is 2.24. The number of unbranched alkanes of at least 4 members (excludes halogenated alkanes) is 7. The molecule has 20 heavy (non-hydrogen) atoms. The quantitative estimate of drug-likeness (QED) is 0.376. The van der Waals surface area contributed by atoms with Gasteiger partial charge in [-0.3, -0.25) is 0 Å². The molecule has 0 aliphatic heterocycles. The first-order chi connectivity index (χ1) is 9.70. The molecule has 4 nitrogen and oxygen atoms in total. The molecule has 1 atom stereocenters. The Morgan fingerprint density at radius 1 is 0.850 bits per heavy atom. The number of nitriles is 1. The Morgan fingerprint density at radius 2 is 1.30 bits per heavy atom. The lowest BCUT2D eigenvalue weighted by Crippen LogP contribution is -2.47. The maximum Gasteiger partial charge on any atom is 0.518 e. The molecule has 0 saturated carbocycles. The van der Waals surface area contributed by atoms with E-state index in [0.717, 1.165) is 12.8 Å². The van der Waals surface area contributed by atoms with Gasteiger partial charge in [0.1, 0.15) is 5.54 Å². The molecule has 0 rings (SSSR count). The highest BCUT2D eigenvalue weighted by molar-refractivity contribution is 6.63. The third kappa shape index (κ3) is 6.85. The first kappa shape index (κ1) is 19.6. The minimum atomic E-state index is -2.79. The van der Waals surface area contributed by atoms with Crippen LogP contribution in [-0.4, -0.2) is 30.1 Å². The van der Waals surface area contributed by atoms with E-state index in [9.17, 15) is 5.26 Å². The van der Waals surface area contributed by atoms with Crippen LogP contribution in [0.1, 0.15) is 64.7 Å². The Kier molecular flexibility index (Phi) is 12.1. The minimum Gasteiger partial charge on any atom is -0.376 e. The summed E-state index contributed by atoms with van der Waals surface area (Å²) >= 11 is 0. The molecule has 0 N–H and O–H groups in total. The van der Waals surface area contributed by atoms with Crippen molar-refractivity contribution in [3.63, 3.8) is 0 Å². The van der Waals surface area contributed by atoms with Crippen LogP contribution in [0, 0.1) is 11.3 Å². The highest BCUT2D eigenvalue weighted by Crippen LogP contribution is 2.29. The van der Waals surface area contributed by atoms with Gasteiger partial charge >= 0.3 is 8.80 Å². The van der Waals surface area contributed by atoms with Gasteiger partial charge in [0.25, 0.3) is 0 Å². The van der Waals surface area contributed by atoms with Crippen molar-refractivity contribution in [1.29, 1.82) is 5.26 Å². The Balaban J connectivity index is 3.88. The van der Waals surface area contributed by atoms with Crippen LogP contribution in [0.25, 0.3) is 0 Å². The normalized spacial score (nSPS) is 13.2. The van der Waals surface area contributed by atoms with Crippen molar-refractivity contribution in [3.05, 3.63) is 0 Å². The van der Waals surface area contributed by atoms with Crippen LogP contribution in [0.3, 0.4) is 0 Å². The van der Waals surface area contributed by atoms with E-state index in [2.05, 4.69) is 13.0 Å². The van der Waals surface area contributed by atoms with Gasteiger partial charge in [-0.2, -0.15) is 5.26 Å². The Hall–Kier alpha value is -0.413. The average molecular weight is 302 g/mol. The molecular weight excluding hydrogens is 270 g/mol. The molecule has 0 aliphatic carbocycles. The fourth-order valence-electron chi connectivity index (χ4n) is 2.48. The SMILES string of the molecule is CCCCCCCCCCC(C#N)[Si](OC)(OC)OC. The van der Waals surface area contributed by atoms with Gasteiger partial charge in [-0.1, -0.05) is 58.3 Å². The monoisotopic (exact) mass is 301 g/mol. The first-order valence-electron chi connectivity index (χ1n) is 7.75. The van der Waals surface area contributed by atoms with Crippen LogP contribution in [-0.2, 0) is 13.3 Å². The van der Waals surface area contributed by atoms with Crippen molar-refractivity contribution >= 4 is 8.80 Å². The fraction of sp³-hybridized carbons (Fsp3) is 0.933. The van der Waals surface area contributed by atoms with E-state index in [1.807, 2.05) is 0 Å². The van der Waals surface area contributed by atoms with Gasteiger partial charge in [0, 0.05) is 21.3 Å². The van der Waals surface area contributed by atoms with Crippen LogP contribution < -0.4 is 0 Å². The van der Waals surface area contributed by atoms with Crippen molar-refractivity contribution in [2.24, 2.45) is 0 Å². The van der Waals surface area contributed by atoms with E-state index in [1.165, 1.54) is 44.9 Å². The molecule has 0 aromatic rings. The molecule has 0 bridgehead atoms. The van der Waals surface area contributed by atoms with Gasteiger partial charge in [-0.25, -0.2) is 0 Å². The van der Waals surface area contributed by atoms with Gasteiger partial charge in [0.15, 0.2) is 0 Å². The summed E-state index contributed by atoms with van der Waals surface area (Å²) in [6.07, 6.45) is 10.9. The maximum absolute atomic E-state index is 9.30. The lowest BCUT2D eigenvalue weighted by Gasteiger charge is -2.28. The highest BCUT2D eigenvalue weighted by atomic mass is 28.4. The van der Waals surface area contributed by atoms with Crippen molar-refractivity contribution in [2.75, 3.05) is 21.3 Å². The van der Waals surface area contributed by atoms with Gasteiger partial charge in [-0.15, -0.1) is 0 Å². The molecule has 0 aromatic carbocycles. The summed E-state index contributed by atoms with van der Waals surface area (Å²) in [6, 6.07) is 2.30. The topological polar surface area (TPSA) is 51.5 Å². The van der Waals surface area contributed by atoms with Crippen molar-refractivity contribution in [3.8, 4) is 6.07 Å². The Labute approximate surface area is 125 Å². The summed E-state index contributed by atoms with van der Waals surface area (Å²) in [5.41, 5.74) is -0.261. The molecule has 0 radical (unpaired) electrons. The predicted molar refractivity (Wildman–Crippen MR) is 83.4 cm³/mol. The zero-order valence-corrected chi connectivity index (χ0v) is 14.6. The Morgan fingerprint density at radius 3 is 1.70 bits per heavy atom. The van der Waals surface area contributed by atoms with Crippen LogP contribution in [0.4, 0.5) is 0 Å². The van der Waals surface area contributed by atoms with E-state index >= 15 is 0 Å². The summed E-state index contributed by atoms with van der Waals surface area (Å²) in [5.74, 6) is 0. The number of rotatable bonds is 13. The van der Waals surface area contributed by atoms with E-state index in [0.29, 0.717) is 0 Å². The fourth-order valence-corrected chi connectivity index (χ4v) is 4.55. The summed E-state index contributed by atoms with van der Waals surface area (Å²) in [5, 5.41) is 9.30. The average Bonchev–Trinajstić information content (AvgIpc) is 2.49. The smallest absolute Gasteiger partial charge is 0.376 e. The molecule has 0 aliphatic rings. The molecular formula is C15H31NO3Si. The minimum absolute atomic E-state index is 0.261. The predicted octanol–water partition coefficient (Wildman–Crippen LogP) is 4.29. The van der Waals surface area contributed by atoms with Crippen LogP contribution in [0.5, 0.6) is 0 Å². The largest absolute Gasteiger partial charge is 0.518 e. The Bertz CT molecular complexity index is 256. The standard InChI is InChI=1S/C15H31NO3Si/c1-5-6-7-8-9-10-11-12-13-15(14-16)20(17-2,18-3)19-4/h15H,5-13H2,1-4H3. The van der Waals surface area contributed by atoms with Crippen molar-refractivity contribution < 1.29 is 13.3 Å². The number of hydrogen-bond donors (Lipinski definition) is 0. The van der Waals surface area contributed by atoms with Crippen molar-refractivity contribution in [2.45, 2.75) is 70.3 Å². The molecule has 0 fully saturated rings. The lowest BCUT2D eigenvalue weighted by molar-refractivity contribution is 0.116. The molecule has 118 valence electrons. The third-order valence-electron chi connectivity index (χ3n) is 3.78. The van der Waals surface area contributed by atoms with E-state index in [1.54, 1.807) is 21.3 Å². The molecule has 0 amide bonds. The molecule has 5 heteroatoms. The molecule has 0 aromatic heterocycles. The van der Waals surface area contributed by atoms with Crippen molar-refractivity contribution in [1.82, 2.24) is 0 Å². The highest BCUT2D eigenvalue weighted by Gasteiger charge is 2.47. The second-order valence-electron chi connectivity index (χ2n) is 5.16. The first-order valence-corrected chi connectivity index (χ1v) is 9.56. The summed E-state index contributed by atoms with van der Waals surface area (Å²) < 4.78 is 16.2. The van der Waals surface area contributed by atoms with Crippen LogP contribution in [0.2, 0.25) is 5.54 Å². The van der Waals surface area contributed by atoms with Gasteiger partial charge in [-0.05, 0) is 6.42 Å². The molecule has 0 spiro atoms. The number of nitrogens with zero attached hydrogens (tertiary/aromatic N) is 1. The molecule has 0 saturated heterocycles. The summed E-state index contributed by atoms with van der Waals surface area (Å²) in [7, 11) is 1.91. The molecule has 1 unspecified atom stereocenters. The zero-order valence-electron chi connectivity index (χ0n) is 13.6.